The molecule has 3 aliphatic carbocycles. The molecule has 8 nitrogen and oxygen atoms in total. The van der Waals surface area contributed by atoms with E-state index in [1.165, 1.54) is 12.8 Å². The minimum atomic E-state index is -0.212. The molecule has 5 fully saturated rings. The van der Waals surface area contributed by atoms with Gasteiger partial charge in [0.05, 0.1) is 18.2 Å². The fourth-order valence-electron chi connectivity index (χ4n) is 7.33. The summed E-state index contributed by atoms with van der Waals surface area (Å²) < 4.78 is 11.8. The van der Waals surface area contributed by atoms with Gasteiger partial charge in [0.15, 0.2) is 0 Å². The predicted molar refractivity (Wildman–Crippen MR) is 129 cm³/mol. The van der Waals surface area contributed by atoms with Gasteiger partial charge in [-0.15, -0.1) is 0 Å². The van der Waals surface area contributed by atoms with Crippen LogP contribution in [0.1, 0.15) is 72.1 Å². The van der Waals surface area contributed by atoms with Crippen LogP contribution in [0.25, 0.3) is 0 Å². The smallest absolute Gasteiger partial charge is 0.410 e. The van der Waals surface area contributed by atoms with Gasteiger partial charge in [0, 0.05) is 45.8 Å². The summed E-state index contributed by atoms with van der Waals surface area (Å²) in [7, 11) is 1.72. The van der Waals surface area contributed by atoms with Crippen molar-refractivity contribution in [3.8, 4) is 0 Å². The van der Waals surface area contributed by atoms with Crippen molar-refractivity contribution >= 4 is 12.0 Å². The molecule has 8 atom stereocenters. The normalized spacial score (nSPS) is 41.3. The first-order valence-electron chi connectivity index (χ1n) is 13.6. The Morgan fingerprint density at radius 1 is 0.882 bits per heavy atom. The summed E-state index contributed by atoms with van der Waals surface area (Å²) in [6.45, 7) is 8.66. The van der Waals surface area contributed by atoms with Crippen LogP contribution in [0.3, 0.4) is 0 Å². The van der Waals surface area contributed by atoms with E-state index in [0.717, 1.165) is 57.7 Å². The summed E-state index contributed by atoms with van der Waals surface area (Å²) in [5.74, 6) is 1.84. The number of nitrogens with zero attached hydrogens (tertiary/aromatic N) is 3. The molecule has 0 spiro atoms. The van der Waals surface area contributed by atoms with E-state index in [9.17, 15) is 9.59 Å². The molecular weight excluding hydrogens is 432 g/mol. The van der Waals surface area contributed by atoms with Crippen LogP contribution in [0.5, 0.6) is 0 Å². The Hall–Kier alpha value is -1.38. The molecule has 2 aliphatic heterocycles. The number of hydrogen-bond donors (Lipinski definition) is 1. The molecule has 34 heavy (non-hydrogen) atoms. The first-order chi connectivity index (χ1) is 16.4. The maximum atomic E-state index is 13.6. The molecule has 2 saturated heterocycles. The summed E-state index contributed by atoms with van der Waals surface area (Å²) in [6, 6.07) is 0.846. The zero-order valence-corrected chi connectivity index (χ0v) is 21.4. The molecule has 3 saturated carbocycles. The first-order valence-corrected chi connectivity index (χ1v) is 13.6. The van der Waals surface area contributed by atoms with Gasteiger partial charge in [-0.3, -0.25) is 10.2 Å². The van der Waals surface area contributed by atoms with E-state index in [1.54, 1.807) is 14.0 Å². The zero-order valence-electron chi connectivity index (χ0n) is 21.4. The molecule has 7 unspecified atom stereocenters. The Kier molecular flexibility index (Phi) is 7.11. The number of amides is 2. The third kappa shape index (κ3) is 4.82. The highest BCUT2D eigenvalue weighted by Crippen LogP contribution is 2.41. The minimum Gasteiger partial charge on any atom is -0.443 e. The van der Waals surface area contributed by atoms with Crippen molar-refractivity contribution in [2.75, 3.05) is 26.7 Å². The second-order valence-electron chi connectivity index (χ2n) is 11.8. The molecule has 2 heterocycles. The lowest BCUT2D eigenvalue weighted by Crippen LogP contribution is -2.67. The second kappa shape index (κ2) is 9.94. The summed E-state index contributed by atoms with van der Waals surface area (Å²) in [5.41, 5.74) is 3.63. The first kappa shape index (κ1) is 24.3. The van der Waals surface area contributed by atoms with Crippen LogP contribution < -0.4 is 5.43 Å². The second-order valence-corrected chi connectivity index (χ2v) is 11.8. The van der Waals surface area contributed by atoms with Crippen molar-refractivity contribution in [2.24, 2.45) is 17.8 Å². The van der Waals surface area contributed by atoms with Gasteiger partial charge in [-0.1, -0.05) is 6.92 Å². The van der Waals surface area contributed by atoms with Gasteiger partial charge in [0.25, 0.3) is 0 Å². The van der Waals surface area contributed by atoms with Crippen molar-refractivity contribution in [1.29, 1.82) is 0 Å². The van der Waals surface area contributed by atoms with E-state index in [2.05, 4.69) is 29.2 Å². The topological polar surface area (TPSA) is 74.3 Å². The monoisotopic (exact) mass is 476 g/mol. The Morgan fingerprint density at radius 3 is 2.38 bits per heavy atom. The lowest BCUT2D eigenvalue weighted by atomic mass is 9.73. The number of methoxy groups -OCH3 is 1. The lowest BCUT2D eigenvalue weighted by molar-refractivity contribution is -0.143. The van der Waals surface area contributed by atoms with Crippen LogP contribution in [0, 0.1) is 17.8 Å². The van der Waals surface area contributed by atoms with Gasteiger partial charge in [0.2, 0.25) is 5.91 Å². The fraction of sp³-hybridized carbons (Fsp3) is 0.923. The Labute approximate surface area is 204 Å². The van der Waals surface area contributed by atoms with Gasteiger partial charge in [-0.25, -0.2) is 9.80 Å². The van der Waals surface area contributed by atoms with E-state index in [4.69, 9.17) is 9.47 Å². The quantitative estimate of drug-likeness (QED) is 0.672. The highest BCUT2D eigenvalue weighted by molar-refractivity contribution is 5.75. The number of rotatable bonds is 4. The number of piperazine rings is 1. The number of carbonyl (C=O) groups is 2. The van der Waals surface area contributed by atoms with E-state index < -0.39 is 0 Å². The van der Waals surface area contributed by atoms with Gasteiger partial charge >= 0.3 is 6.09 Å². The maximum absolute atomic E-state index is 13.6. The van der Waals surface area contributed by atoms with Gasteiger partial charge in [-0.2, -0.15) is 0 Å². The standard InChI is InChI=1S/C26H44N4O4/c1-16-5-10-24(33-4)25(11-16)34-26(32)28-14-17(2)30(18(3)31)22-9-6-19(12-23(22)28)20-13-27-29(15-20)21-7-8-21/h16-17,19-25,27H,5-15H2,1-4H3/t16?,17-,19?,20?,22?,23?,24?,25?/m0/s1. The predicted octanol–water partition coefficient (Wildman–Crippen LogP) is 3.02. The lowest BCUT2D eigenvalue weighted by Gasteiger charge is -2.54. The molecule has 0 radical (unpaired) electrons. The van der Waals surface area contributed by atoms with E-state index in [-0.39, 0.29) is 42.3 Å². The van der Waals surface area contributed by atoms with Crippen LogP contribution in [-0.2, 0) is 14.3 Å². The van der Waals surface area contributed by atoms with Gasteiger partial charge in [-0.05, 0) is 76.0 Å². The Bertz CT molecular complexity index is 761. The SMILES string of the molecule is COC1CCC(C)CC1OC(=O)N1C[C@H](C)N(C(C)=O)C2CCC(C3CNN(C4CC4)C3)CC21. The fourth-order valence-corrected chi connectivity index (χ4v) is 7.33. The molecule has 192 valence electrons. The van der Waals surface area contributed by atoms with Gasteiger partial charge in [0.1, 0.15) is 6.10 Å². The third-order valence-electron chi connectivity index (χ3n) is 9.30. The number of carbonyl (C=O) groups excluding carboxylic acids is 2. The summed E-state index contributed by atoms with van der Waals surface area (Å²) in [6.07, 6.45) is 8.13. The third-order valence-corrected chi connectivity index (χ3v) is 9.30. The molecule has 0 aromatic rings. The average molecular weight is 477 g/mol. The molecule has 5 aliphatic rings. The average Bonchev–Trinajstić information content (AvgIpc) is 3.54. The van der Waals surface area contributed by atoms with Crippen LogP contribution in [0.15, 0.2) is 0 Å². The van der Waals surface area contributed by atoms with Crippen molar-refractivity contribution in [1.82, 2.24) is 20.2 Å². The summed E-state index contributed by atoms with van der Waals surface area (Å²) in [5, 5.41) is 2.45. The Morgan fingerprint density at radius 2 is 1.68 bits per heavy atom. The number of ether oxygens (including phenoxy) is 2. The van der Waals surface area contributed by atoms with Crippen LogP contribution >= 0.6 is 0 Å². The summed E-state index contributed by atoms with van der Waals surface area (Å²) in [4.78, 5) is 30.2. The van der Waals surface area contributed by atoms with Crippen molar-refractivity contribution in [3.05, 3.63) is 0 Å². The number of fused-ring (bicyclic) bond motifs is 1. The number of nitrogens with one attached hydrogen (secondary N) is 1. The van der Waals surface area contributed by atoms with Crippen molar-refractivity contribution in [3.63, 3.8) is 0 Å². The molecule has 8 heteroatoms. The molecule has 1 N–H and O–H groups in total. The molecule has 0 aromatic heterocycles. The van der Waals surface area contributed by atoms with Crippen LogP contribution in [-0.4, -0.2) is 89.9 Å². The largest absolute Gasteiger partial charge is 0.443 e. The van der Waals surface area contributed by atoms with Crippen molar-refractivity contribution in [2.45, 2.75) is 109 Å². The molecule has 2 amide bonds. The van der Waals surface area contributed by atoms with Gasteiger partial charge < -0.3 is 19.3 Å². The molecular formula is C26H44N4O4. The number of hydrazine groups is 1. The minimum absolute atomic E-state index is 0.00450. The molecule has 0 bridgehead atoms. The maximum Gasteiger partial charge on any atom is 0.410 e. The highest BCUT2D eigenvalue weighted by atomic mass is 16.6. The number of hydrogen-bond acceptors (Lipinski definition) is 6. The molecule has 0 aromatic carbocycles. The molecule has 5 rings (SSSR count). The zero-order chi connectivity index (χ0) is 24.0. The van der Waals surface area contributed by atoms with E-state index in [1.807, 2.05) is 4.90 Å². The Balaban J connectivity index is 1.31. The highest BCUT2D eigenvalue weighted by Gasteiger charge is 2.49. The van der Waals surface area contributed by atoms with Crippen LogP contribution in [0.2, 0.25) is 0 Å². The van der Waals surface area contributed by atoms with Crippen LogP contribution in [0.4, 0.5) is 4.79 Å². The van der Waals surface area contributed by atoms with E-state index in [0.29, 0.717) is 24.3 Å². The summed E-state index contributed by atoms with van der Waals surface area (Å²) >= 11 is 0. The van der Waals surface area contributed by atoms with Crippen molar-refractivity contribution < 1.29 is 19.1 Å². The van der Waals surface area contributed by atoms with E-state index >= 15 is 0 Å².